The molecule has 2 heterocycles. The smallest absolute Gasteiger partial charge is 0.160 e. The Morgan fingerprint density at radius 2 is 2.17 bits per heavy atom. The summed E-state index contributed by atoms with van der Waals surface area (Å²) >= 11 is 6.05. The molecule has 2 rings (SSSR count). The number of halogens is 1. The first-order chi connectivity index (χ1) is 8.72. The van der Waals surface area contributed by atoms with Crippen LogP contribution in [0.3, 0.4) is 0 Å². The van der Waals surface area contributed by atoms with E-state index in [0.717, 1.165) is 41.8 Å². The maximum absolute atomic E-state index is 6.05. The molecule has 0 N–H and O–H groups in total. The zero-order chi connectivity index (χ0) is 13.1. The van der Waals surface area contributed by atoms with Gasteiger partial charge in [-0.3, -0.25) is 0 Å². The molecule has 0 saturated carbocycles. The molecule has 98 valence electrons. The molecular weight excluding hydrogens is 246 g/mol. The van der Waals surface area contributed by atoms with E-state index in [2.05, 4.69) is 35.3 Å². The summed E-state index contributed by atoms with van der Waals surface area (Å²) in [5, 5.41) is 0. The fraction of sp³-hybridized carbons (Fsp3) is 0.571. The van der Waals surface area contributed by atoms with Gasteiger partial charge in [-0.2, -0.15) is 0 Å². The first kappa shape index (κ1) is 13.3. The van der Waals surface area contributed by atoms with Crippen molar-refractivity contribution >= 4 is 22.8 Å². The number of imidazole rings is 1. The van der Waals surface area contributed by atoms with Gasteiger partial charge in [0.05, 0.1) is 5.88 Å². The first-order valence-corrected chi connectivity index (χ1v) is 7.14. The van der Waals surface area contributed by atoms with Crippen LogP contribution < -0.4 is 0 Å². The number of hydrogen-bond acceptors (Lipinski definition) is 2. The minimum absolute atomic E-state index is 0.440. The van der Waals surface area contributed by atoms with Crippen LogP contribution in [0.2, 0.25) is 0 Å². The zero-order valence-electron chi connectivity index (χ0n) is 11.3. The SMILES string of the molecule is CCCC(CC)n1c(CCl)nc2c(C)ccnc21. The summed E-state index contributed by atoms with van der Waals surface area (Å²) in [7, 11) is 0. The highest BCUT2D eigenvalue weighted by molar-refractivity contribution is 6.16. The van der Waals surface area contributed by atoms with Crippen LogP contribution in [0, 0.1) is 6.92 Å². The molecule has 1 atom stereocenters. The van der Waals surface area contributed by atoms with Crippen molar-refractivity contribution in [3.8, 4) is 0 Å². The van der Waals surface area contributed by atoms with E-state index in [1.54, 1.807) is 0 Å². The van der Waals surface area contributed by atoms with E-state index in [0.29, 0.717) is 11.9 Å². The third kappa shape index (κ3) is 2.24. The lowest BCUT2D eigenvalue weighted by molar-refractivity contribution is 0.446. The van der Waals surface area contributed by atoms with Crippen molar-refractivity contribution in [2.24, 2.45) is 0 Å². The number of nitrogens with zero attached hydrogens (tertiary/aromatic N) is 3. The molecule has 0 aliphatic carbocycles. The van der Waals surface area contributed by atoms with Crippen LogP contribution in [-0.2, 0) is 5.88 Å². The van der Waals surface area contributed by atoms with Gasteiger partial charge in [-0.1, -0.05) is 20.3 Å². The molecule has 0 amide bonds. The predicted molar refractivity (Wildman–Crippen MR) is 76.1 cm³/mol. The van der Waals surface area contributed by atoms with Crippen LogP contribution in [0.1, 0.15) is 50.5 Å². The van der Waals surface area contributed by atoms with Gasteiger partial charge in [-0.05, 0) is 31.4 Å². The highest BCUT2D eigenvalue weighted by Gasteiger charge is 2.18. The molecular formula is C14H20ClN3. The van der Waals surface area contributed by atoms with E-state index in [1.165, 1.54) is 0 Å². The number of aryl methyl sites for hydroxylation is 1. The minimum Gasteiger partial charge on any atom is -0.309 e. The second-order valence-electron chi connectivity index (χ2n) is 4.68. The average Bonchev–Trinajstić information content (AvgIpc) is 2.76. The average molecular weight is 266 g/mol. The molecule has 1 unspecified atom stereocenters. The molecule has 0 aliphatic rings. The van der Waals surface area contributed by atoms with Gasteiger partial charge in [-0.25, -0.2) is 9.97 Å². The monoisotopic (exact) mass is 265 g/mol. The molecule has 0 spiro atoms. The molecule has 2 aromatic rings. The molecule has 18 heavy (non-hydrogen) atoms. The van der Waals surface area contributed by atoms with Gasteiger partial charge in [0.2, 0.25) is 0 Å². The van der Waals surface area contributed by atoms with E-state index in [1.807, 2.05) is 12.3 Å². The Kier molecular flexibility index (Phi) is 4.23. The van der Waals surface area contributed by atoms with Crippen LogP contribution in [0.25, 0.3) is 11.2 Å². The Morgan fingerprint density at radius 1 is 1.39 bits per heavy atom. The van der Waals surface area contributed by atoms with Gasteiger partial charge in [-0.15, -0.1) is 11.6 Å². The summed E-state index contributed by atoms with van der Waals surface area (Å²) in [5.41, 5.74) is 3.13. The fourth-order valence-electron chi connectivity index (χ4n) is 2.48. The van der Waals surface area contributed by atoms with Crippen LogP contribution in [0.5, 0.6) is 0 Å². The zero-order valence-corrected chi connectivity index (χ0v) is 12.0. The van der Waals surface area contributed by atoms with Crippen molar-refractivity contribution in [2.75, 3.05) is 0 Å². The highest BCUT2D eigenvalue weighted by atomic mass is 35.5. The third-order valence-electron chi connectivity index (χ3n) is 3.43. The summed E-state index contributed by atoms with van der Waals surface area (Å²) in [5.74, 6) is 1.38. The number of rotatable bonds is 5. The Morgan fingerprint density at radius 3 is 2.78 bits per heavy atom. The van der Waals surface area contributed by atoms with Gasteiger partial charge >= 0.3 is 0 Å². The van der Waals surface area contributed by atoms with E-state index in [9.17, 15) is 0 Å². The molecule has 4 heteroatoms. The molecule has 2 aromatic heterocycles. The Balaban J connectivity index is 2.62. The van der Waals surface area contributed by atoms with Crippen molar-refractivity contribution in [2.45, 2.75) is 52.0 Å². The van der Waals surface area contributed by atoms with Crippen LogP contribution >= 0.6 is 11.6 Å². The molecule has 0 aliphatic heterocycles. The maximum Gasteiger partial charge on any atom is 0.160 e. The number of alkyl halides is 1. The minimum atomic E-state index is 0.440. The van der Waals surface area contributed by atoms with E-state index in [4.69, 9.17) is 11.6 Å². The molecule has 0 aromatic carbocycles. The fourth-order valence-corrected chi connectivity index (χ4v) is 2.67. The second-order valence-corrected chi connectivity index (χ2v) is 4.95. The largest absolute Gasteiger partial charge is 0.309 e. The number of pyridine rings is 1. The Labute approximate surface area is 113 Å². The van der Waals surface area contributed by atoms with E-state index >= 15 is 0 Å². The third-order valence-corrected chi connectivity index (χ3v) is 3.67. The molecule has 3 nitrogen and oxygen atoms in total. The lowest BCUT2D eigenvalue weighted by Gasteiger charge is -2.18. The summed E-state index contributed by atoms with van der Waals surface area (Å²) in [6, 6.07) is 2.45. The highest BCUT2D eigenvalue weighted by Crippen LogP contribution is 2.27. The predicted octanol–water partition coefficient (Wildman–Crippen LogP) is 4.23. The van der Waals surface area contributed by atoms with E-state index < -0.39 is 0 Å². The molecule has 0 saturated heterocycles. The quantitative estimate of drug-likeness (QED) is 0.758. The van der Waals surface area contributed by atoms with Gasteiger partial charge in [0.25, 0.3) is 0 Å². The Bertz CT molecular complexity index is 533. The summed E-state index contributed by atoms with van der Waals surface area (Å²) in [4.78, 5) is 9.15. The Hall–Kier alpha value is -1.09. The summed E-state index contributed by atoms with van der Waals surface area (Å²) < 4.78 is 2.23. The molecule has 0 fully saturated rings. The van der Waals surface area contributed by atoms with Crippen molar-refractivity contribution < 1.29 is 0 Å². The molecule has 0 bridgehead atoms. The number of fused-ring (bicyclic) bond motifs is 1. The van der Waals surface area contributed by atoms with Gasteiger partial charge in [0.15, 0.2) is 5.65 Å². The second kappa shape index (κ2) is 5.70. The van der Waals surface area contributed by atoms with Gasteiger partial charge < -0.3 is 4.57 Å². The maximum atomic E-state index is 6.05. The van der Waals surface area contributed by atoms with Crippen LogP contribution in [0.15, 0.2) is 12.3 Å². The van der Waals surface area contributed by atoms with Gasteiger partial charge in [0, 0.05) is 12.2 Å². The summed E-state index contributed by atoms with van der Waals surface area (Å²) in [6.07, 6.45) is 5.23. The normalized spacial score (nSPS) is 13.1. The lowest BCUT2D eigenvalue weighted by atomic mass is 10.1. The van der Waals surface area contributed by atoms with Crippen LogP contribution in [0.4, 0.5) is 0 Å². The topological polar surface area (TPSA) is 30.7 Å². The van der Waals surface area contributed by atoms with Crippen molar-refractivity contribution in [3.63, 3.8) is 0 Å². The lowest BCUT2D eigenvalue weighted by Crippen LogP contribution is -2.11. The number of aromatic nitrogens is 3. The van der Waals surface area contributed by atoms with E-state index in [-0.39, 0.29) is 0 Å². The summed E-state index contributed by atoms with van der Waals surface area (Å²) in [6.45, 7) is 6.49. The van der Waals surface area contributed by atoms with Crippen LogP contribution in [-0.4, -0.2) is 14.5 Å². The first-order valence-electron chi connectivity index (χ1n) is 6.61. The number of hydrogen-bond donors (Lipinski definition) is 0. The standard InChI is InChI=1S/C14H20ClN3/c1-4-6-11(5-2)18-12(9-15)17-13-10(3)7-8-16-14(13)18/h7-8,11H,4-6,9H2,1-3H3. The van der Waals surface area contributed by atoms with Crippen molar-refractivity contribution in [1.29, 1.82) is 0 Å². The van der Waals surface area contributed by atoms with Crippen molar-refractivity contribution in [1.82, 2.24) is 14.5 Å². The van der Waals surface area contributed by atoms with Gasteiger partial charge in [0.1, 0.15) is 11.3 Å². The van der Waals surface area contributed by atoms with Crippen molar-refractivity contribution in [3.05, 3.63) is 23.7 Å². The molecule has 0 radical (unpaired) electrons.